The third kappa shape index (κ3) is 2.59. The van der Waals surface area contributed by atoms with Crippen LogP contribution in [0.15, 0.2) is 17.2 Å². The number of carbonyl (C=O) groups is 1. The van der Waals surface area contributed by atoms with E-state index >= 15 is 0 Å². The average Bonchev–Trinajstić information content (AvgIpc) is 2.81. The first kappa shape index (κ1) is 11.9. The van der Waals surface area contributed by atoms with Gasteiger partial charge in [0.2, 0.25) is 0 Å². The number of thiazole rings is 1. The maximum absolute atomic E-state index is 11.0. The Balaban J connectivity index is 2.27. The minimum atomic E-state index is 0.162. The van der Waals surface area contributed by atoms with Gasteiger partial charge < -0.3 is 4.90 Å². The van der Waals surface area contributed by atoms with Crippen LogP contribution < -0.4 is 4.90 Å². The molecule has 0 fully saturated rings. The number of nitrogens with zero attached hydrogens (tertiary/aromatic N) is 4. The Kier molecular flexibility index (Phi) is 3.65. The summed E-state index contributed by atoms with van der Waals surface area (Å²) in [5.74, 6) is 0.507. The second-order valence-electron chi connectivity index (χ2n) is 3.36. The highest BCUT2D eigenvalue weighted by Crippen LogP contribution is 2.21. The molecule has 7 heteroatoms. The van der Waals surface area contributed by atoms with E-state index in [1.165, 1.54) is 17.7 Å². The number of hydrogen-bond donors (Lipinski definition) is 0. The van der Waals surface area contributed by atoms with Crippen LogP contribution in [-0.4, -0.2) is 28.3 Å². The quantitative estimate of drug-likeness (QED) is 0.627. The lowest BCUT2D eigenvalue weighted by molar-refractivity contribution is 0.112. The summed E-state index contributed by atoms with van der Waals surface area (Å²) in [6.07, 6.45) is 2.00. The Morgan fingerprint density at radius 1 is 1.47 bits per heavy atom. The maximum atomic E-state index is 11.0. The van der Waals surface area contributed by atoms with E-state index in [4.69, 9.17) is 11.6 Å². The van der Waals surface area contributed by atoms with Crippen molar-refractivity contribution in [1.29, 1.82) is 0 Å². The molecular weight excluding hydrogens is 260 g/mol. The molecule has 0 saturated carbocycles. The highest BCUT2D eigenvalue weighted by atomic mass is 35.5. The van der Waals surface area contributed by atoms with Gasteiger partial charge in [-0.05, 0) is 0 Å². The molecule has 0 atom stereocenters. The Bertz CT molecular complexity index is 517. The fraction of sp³-hybridized carbons (Fsp3) is 0.200. The van der Waals surface area contributed by atoms with E-state index in [9.17, 15) is 4.79 Å². The molecule has 2 rings (SSSR count). The predicted molar refractivity (Wildman–Crippen MR) is 66.7 cm³/mol. The molecule has 17 heavy (non-hydrogen) atoms. The van der Waals surface area contributed by atoms with Crippen LogP contribution >= 0.6 is 22.9 Å². The van der Waals surface area contributed by atoms with Crippen LogP contribution in [-0.2, 0) is 6.54 Å². The molecule has 0 N–H and O–H groups in total. The second kappa shape index (κ2) is 5.20. The molecule has 0 spiro atoms. The summed E-state index contributed by atoms with van der Waals surface area (Å²) in [5, 5.41) is 2.11. The molecule has 0 aliphatic rings. The summed E-state index contributed by atoms with van der Waals surface area (Å²) in [6, 6.07) is 0. The molecular formula is C10H9ClN4OS. The fourth-order valence-corrected chi connectivity index (χ4v) is 2.13. The van der Waals surface area contributed by atoms with Gasteiger partial charge >= 0.3 is 0 Å². The zero-order valence-corrected chi connectivity index (χ0v) is 10.6. The Morgan fingerprint density at radius 2 is 2.29 bits per heavy atom. The smallest absolute Gasteiger partial charge is 0.156 e. The van der Waals surface area contributed by atoms with Gasteiger partial charge in [-0.25, -0.2) is 15.0 Å². The molecule has 88 valence electrons. The van der Waals surface area contributed by atoms with Crippen molar-refractivity contribution in [3.8, 4) is 0 Å². The number of halogens is 1. The molecule has 0 unspecified atom stereocenters. The first-order valence-corrected chi connectivity index (χ1v) is 6.08. The van der Waals surface area contributed by atoms with Crippen LogP contribution in [0, 0.1) is 0 Å². The topological polar surface area (TPSA) is 59.0 Å². The summed E-state index contributed by atoms with van der Waals surface area (Å²) in [4.78, 5) is 24.8. The lowest BCUT2D eigenvalue weighted by atomic mass is 10.3. The molecule has 0 aromatic carbocycles. The zero-order valence-electron chi connectivity index (χ0n) is 9.00. The van der Waals surface area contributed by atoms with Gasteiger partial charge in [-0.3, -0.25) is 4.79 Å². The van der Waals surface area contributed by atoms with Crippen LogP contribution in [0.25, 0.3) is 0 Å². The van der Waals surface area contributed by atoms with Crippen molar-refractivity contribution >= 4 is 35.0 Å². The fourth-order valence-electron chi connectivity index (χ4n) is 1.40. The Hall–Kier alpha value is -1.53. The van der Waals surface area contributed by atoms with Gasteiger partial charge in [0.1, 0.15) is 17.3 Å². The van der Waals surface area contributed by atoms with Crippen LogP contribution in [0.5, 0.6) is 0 Å². The van der Waals surface area contributed by atoms with Crippen molar-refractivity contribution < 1.29 is 4.79 Å². The number of anilines is 1. The van der Waals surface area contributed by atoms with E-state index in [2.05, 4.69) is 15.0 Å². The standard InChI is InChI=1S/C10H9ClN4OS/c1-15(2-7-4-17-6-14-7)10-8(3-16)9(11)12-5-13-10/h3-6H,2H2,1H3. The van der Waals surface area contributed by atoms with Gasteiger partial charge in [-0.2, -0.15) is 0 Å². The van der Waals surface area contributed by atoms with Crippen LogP contribution in [0.4, 0.5) is 5.82 Å². The Labute approximate surface area is 107 Å². The van der Waals surface area contributed by atoms with Crippen molar-refractivity contribution in [3.05, 3.63) is 33.6 Å². The lowest BCUT2D eigenvalue weighted by Gasteiger charge is -2.18. The summed E-state index contributed by atoms with van der Waals surface area (Å²) in [6.45, 7) is 0.567. The number of aromatic nitrogens is 3. The molecule has 0 aliphatic carbocycles. The number of carbonyl (C=O) groups excluding carboxylic acids is 1. The molecule has 0 amide bonds. The van der Waals surface area contributed by atoms with Crippen molar-refractivity contribution in [3.63, 3.8) is 0 Å². The normalized spacial score (nSPS) is 10.2. The van der Waals surface area contributed by atoms with Gasteiger partial charge in [-0.1, -0.05) is 11.6 Å². The van der Waals surface area contributed by atoms with Crippen molar-refractivity contribution in [1.82, 2.24) is 15.0 Å². The minimum absolute atomic E-state index is 0.162. The largest absolute Gasteiger partial charge is 0.353 e. The van der Waals surface area contributed by atoms with Gasteiger partial charge in [0.15, 0.2) is 6.29 Å². The third-order valence-electron chi connectivity index (χ3n) is 2.18. The average molecular weight is 269 g/mol. The van der Waals surface area contributed by atoms with Gasteiger partial charge in [0, 0.05) is 12.4 Å². The number of rotatable bonds is 4. The number of aldehydes is 1. The first-order valence-electron chi connectivity index (χ1n) is 4.76. The molecule has 0 aliphatic heterocycles. The molecule has 5 nitrogen and oxygen atoms in total. The zero-order chi connectivity index (χ0) is 12.3. The predicted octanol–water partition coefficient (Wildman–Crippen LogP) is 2.04. The monoisotopic (exact) mass is 268 g/mol. The molecule has 0 saturated heterocycles. The van der Waals surface area contributed by atoms with Crippen molar-refractivity contribution in [2.75, 3.05) is 11.9 Å². The third-order valence-corrected chi connectivity index (χ3v) is 3.11. The van der Waals surface area contributed by atoms with E-state index in [1.807, 2.05) is 17.3 Å². The van der Waals surface area contributed by atoms with Gasteiger partial charge in [0.25, 0.3) is 0 Å². The highest BCUT2D eigenvalue weighted by Gasteiger charge is 2.13. The SMILES string of the molecule is CN(Cc1cscn1)c1ncnc(Cl)c1C=O. The highest BCUT2D eigenvalue weighted by molar-refractivity contribution is 7.07. The Morgan fingerprint density at radius 3 is 2.94 bits per heavy atom. The van der Waals surface area contributed by atoms with E-state index in [-0.39, 0.29) is 5.15 Å². The van der Waals surface area contributed by atoms with E-state index in [0.717, 1.165) is 5.69 Å². The first-order chi connectivity index (χ1) is 8.22. The molecule has 2 heterocycles. The van der Waals surface area contributed by atoms with Crippen LogP contribution in [0.3, 0.4) is 0 Å². The maximum Gasteiger partial charge on any atom is 0.156 e. The van der Waals surface area contributed by atoms with E-state index in [1.54, 1.807) is 5.51 Å². The second-order valence-corrected chi connectivity index (χ2v) is 4.43. The van der Waals surface area contributed by atoms with Gasteiger partial charge in [-0.15, -0.1) is 11.3 Å². The van der Waals surface area contributed by atoms with Crippen molar-refractivity contribution in [2.45, 2.75) is 6.54 Å². The molecule has 0 radical (unpaired) electrons. The summed E-state index contributed by atoms with van der Waals surface area (Å²) >= 11 is 7.36. The molecule has 0 bridgehead atoms. The van der Waals surface area contributed by atoms with E-state index in [0.29, 0.717) is 24.2 Å². The van der Waals surface area contributed by atoms with Gasteiger partial charge in [0.05, 0.1) is 23.3 Å². The number of hydrogen-bond acceptors (Lipinski definition) is 6. The summed E-state index contributed by atoms with van der Waals surface area (Å²) < 4.78 is 0. The summed E-state index contributed by atoms with van der Waals surface area (Å²) in [5.41, 5.74) is 2.98. The minimum Gasteiger partial charge on any atom is -0.353 e. The lowest BCUT2D eigenvalue weighted by Crippen LogP contribution is -2.20. The van der Waals surface area contributed by atoms with E-state index < -0.39 is 0 Å². The van der Waals surface area contributed by atoms with Crippen LogP contribution in [0.2, 0.25) is 5.15 Å². The van der Waals surface area contributed by atoms with Crippen molar-refractivity contribution in [2.24, 2.45) is 0 Å². The van der Waals surface area contributed by atoms with Crippen LogP contribution in [0.1, 0.15) is 16.1 Å². The molecule has 2 aromatic rings. The molecule has 2 aromatic heterocycles. The summed E-state index contributed by atoms with van der Waals surface area (Å²) in [7, 11) is 1.82.